The van der Waals surface area contributed by atoms with Crippen LogP contribution >= 0.6 is 0 Å². The molecule has 1 saturated carbocycles. The van der Waals surface area contributed by atoms with E-state index in [0.29, 0.717) is 18.3 Å². The number of nitrogens with two attached hydrogens (primary N) is 1. The number of piperidine rings is 1. The lowest BCUT2D eigenvalue weighted by molar-refractivity contribution is -0.133. The molecule has 0 radical (unpaired) electrons. The van der Waals surface area contributed by atoms with Crippen LogP contribution in [0.25, 0.3) is 0 Å². The molecule has 2 aliphatic rings. The highest BCUT2D eigenvalue weighted by Crippen LogP contribution is 2.33. The second-order valence-corrected chi connectivity index (χ2v) is 6.72. The van der Waals surface area contributed by atoms with Crippen LogP contribution in [0.15, 0.2) is 30.3 Å². The second-order valence-electron chi connectivity index (χ2n) is 6.72. The zero-order chi connectivity index (χ0) is 14.7. The SMILES string of the molecule is NC(CC(=O)N1CCC(Cc2ccccc2)CC1)C1CC1. The van der Waals surface area contributed by atoms with Crippen molar-refractivity contribution in [3.8, 4) is 0 Å². The zero-order valence-electron chi connectivity index (χ0n) is 12.7. The minimum absolute atomic E-state index is 0.0968. The van der Waals surface area contributed by atoms with Crippen molar-refractivity contribution in [2.45, 2.75) is 44.6 Å². The van der Waals surface area contributed by atoms with Crippen LogP contribution in [0.3, 0.4) is 0 Å². The van der Waals surface area contributed by atoms with Crippen molar-refractivity contribution in [2.75, 3.05) is 13.1 Å². The molecule has 1 unspecified atom stereocenters. The van der Waals surface area contributed by atoms with Crippen molar-refractivity contribution in [1.82, 2.24) is 4.90 Å². The highest BCUT2D eigenvalue weighted by molar-refractivity contribution is 5.77. The van der Waals surface area contributed by atoms with Gasteiger partial charge in [0.2, 0.25) is 5.91 Å². The lowest BCUT2D eigenvalue weighted by atomic mass is 9.90. The summed E-state index contributed by atoms with van der Waals surface area (Å²) in [5, 5.41) is 0. The lowest BCUT2D eigenvalue weighted by Gasteiger charge is -2.32. The monoisotopic (exact) mass is 286 g/mol. The van der Waals surface area contributed by atoms with E-state index in [2.05, 4.69) is 30.3 Å². The van der Waals surface area contributed by atoms with Crippen LogP contribution in [0, 0.1) is 11.8 Å². The van der Waals surface area contributed by atoms with Gasteiger partial charge in [-0.15, -0.1) is 0 Å². The van der Waals surface area contributed by atoms with Gasteiger partial charge in [0.25, 0.3) is 0 Å². The maximum absolute atomic E-state index is 12.3. The number of rotatable bonds is 5. The molecule has 1 atom stereocenters. The fourth-order valence-corrected chi connectivity index (χ4v) is 3.36. The molecule has 114 valence electrons. The predicted molar refractivity (Wildman–Crippen MR) is 84.8 cm³/mol. The molecule has 0 spiro atoms. The second kappa shape index (κ2) is 6.61. The minimum Gasteiger partial charge on any atom is -0.343 e. The maximum Gasteiger partial charge on any atom is 0.224 e. The molecule has 1 aliphatic heterocycles. The first-order chi connectivity index (χ1) is 10.2. The van der Waals surface area contributed by atoms with Gasteiger partial charge in [0, 0.05) is 25.6 Å². The Labute approximate surface area is 127 Å². The molecule has 1 aromatic rings. The van der Waals surface area contributed by atoms with Gasteiger partial charge >= 0.3 is 0 Å². The smallest absolute Gasteiger partial charge is 0.224 e. The Morgan fingerprint density at radius 2 is 1.81 bits per heavy atom. The lowest BCUT2D eigenvalue weighted by Crippen LogP contribution is -2.41. The maximum atomic E-state index is 12.3. The molecular weight excluding hydrogens is 260 g/mol. The summed E-state index contributed by atoms with van der Waals surface area (Å²) >= 11 is 0. The number of amides is 1. The van der Waals surface area contributed by atoms with Gasteiger partial charge in [0.15, 0.2) is 0 Å². The quantitative estimate of drug-likeness (QED) is 0.904. The van der Waals surface area contributed by atoms with Gasteiger partial charge < -0.3 is 10.6 Å². The highest BCUT2D eigenvalue weighted by Gasteiger charge is 2.31. The number of benzene rings is 1. The number of hydrogen-bond donors (Lipinski definition) is 1. The van der Waals surface area contributed by atoms with Crippen molar-refractivity contribution in [1.29, 1.82) is 0 Å². The average molecular weight is 286 g/mol. The third-order valence-electron chi connectivity index (χ3n) is 4.97. The topological polar surface area (TPSA) is 46.3 Å². The molecule has 2 fully saturated rings. The number of carbonyl (C=O) groups excluding carboxylic acids is 1. The summed E-state index contributed by atoms with van der Waals surface area (Å²) in [6.45, 7) is 1.82. The molecule has 2 N–H and O–H groups in total. The molecule has 1 heterocycles. The molecule has 1 aliphatic carbocycles. The average Bonchev–Trinajstić information content (AvgIpc) is 3.33. The first-order valence-electron chi connectivity index (χ1n) is 8.29. The van der Waals surface area contributed by atoms with E-state index in [1.165, 1.54) is 18.4 Å². The molecule has 1 amide bonds. The largest absolute Gasteiger partial charge is 0.343 e. The summed E-state index contributed by atoms with van der Waals surface area (Å²) < 4.78 is 0. The van der Waals surface area contributed by atoms with E-state index in [1.54, 1.807) is 0 Å². The Morgan fingerprint density at radius 1 is 1.14 bits per heavy atom. The van der Waals surface area contributed by atoms with E-state index in [4.69, 9.17) is 5.73 Å². The Balaban J connectivity index is 1.43. The third-order valence-corrected chi connectivity index (χ3v) is 4.97. The van der Waals surface area contributed by atoms with E-state index in [9.17, 15) is 4.79 Å². The Kier molecular flexibility index (Phi) is 4.59. The van der Waals surface area contributed by atoms with Gasteiger partial charge in [-0.3, -0.25) is 4.79 Å². The summed E-state index contributed by atoms with van der Waals surface area (Å²) in [6.07, 6.45) is 6.37. The van der Waals surface area contributed by atoms with Crippen LogP contribution in [-0.4, -0.2) is 29.9 Å². The van der Waals surface area contributed by atoms with Crippen LogP contribution in [0.2, 0.25) is 0 Å². The Morgan fingerprint density at radius 3 is 2.43 bits per heavy atom. The Bertz CT molecular complexity index is 461. The number of likely N-dealkylation sites (tertiary alicyclic amines) is 1. The van der Waals surface area contributed by atoms with Gasteiger partial charge in [-0.25, -0.2) is 0 Å². The van der Waals surface area contributed by atoms with E-state index >= 15 is 0 Å². The number of nitrogens with zero attached hydrogens (tertiary/aromatic N) is 1. The predicted octanol–water partition coefficient (Wildman–Crippen LogP) is 2.60. The third kappa shape index (κ3) is 4.07. The number of hydrogen-bond acceptors (Lipinski definition) is 2. The summed E-state index contributed by atoms with van der Waals surface area (Å²) in [7, 11) is 0. The normalized spacial score (nSPS) is 21.3. The summed E-state index contributed by atoms with van der Waals surface area (Å²) in [5.74, 6) is 1.60. The molecular formula is C18H26N2O. The van der Waals surface area contributed by atoms with Crippen molar-refractivity contribution in [3.63, 3.8) is 0 Å². The van der Waals surface area contributed by atoms with Crippen molar-refractivity contribution in [2.24, 2.45) is 17.6 Å². The molecule has 3 rings (SSSR count). The first-order valence-corrected chi connectivity index (χ1v) is 8.29. The van der Waals surface area contributed by atoms with Gasteiger partial charge in [0.05, 0.1) is 0 Å². The van der Waals surface area contributed by atoms with Crippen LogP contribution in [0.4, 0.5) is 0 Å². The molecule has 1 saturated heterocycles. The first kappa shape index (κ1) is 14.6. The van der Waals surface area contributed by atoms with Gasteiger partial charge in [-0.1, -0.05) is 30.3 Å². The van der Waals surface area contributed by atoms with Crippen molar-refractivity contribution < 1.29 is 4.79 Å². The summed E-state index contributed by atoms with van der Waals surface area (Å²) in [4.78, 5) is 14.3. The fourth-order valence-electron chi connectivity index (χ4n) is 3.36. The molecule has 1 aromatic carbocycles. The van der Waals surface area contributed by atoms with E-state index in [-0.39, 0.29) is 11.9 Å². The minimum atomic E-state index is 0.0968. The van der Waals surface area contributed by atoms with Gasteiger partial charge in [0.1, 0.15) is 0 Å². The van der Waals surface area contributed by atoms with Crippen LogP contribution in [0.5, 0.6) is 0 Å². The zero-order valence-corrected chi connectivity index (χ0v) is 12.7. The van der Waals surface area contributed by atoms with Crippen molar-refractivity contribution in [3.05, 3.63) is 35.9 Å². The molecule has 0 bridgehead atoms. The van der Waals surface area contributed by atoms with Crippen LogP contribution in [0.1, 0.15) is 37.7 Å². The van der Waals surface area contributed by atoms with Gasteiger partial charge in [-0.05, 0) is 49.5 Å². The fraction of sp³-hybridized carbons (Fsp3) is 0.611. The van der Waals surface area contributed by atoms with Crippen LogP contribution in [-0.2, 0) is 11.2 Å². The highest BCUT2D eigenvalue weighted by atomic mass is 16.2. The molecule has 0 aromatic heterocycles. The van der Waals surface area contributed by atoms with Gasteiger partial charge in [-0.2, -0.15) is 0 Å². The number of carbonyl (C=O) groups is 1. The van der Waals surface area contributed by atoms with E-state index in [1.807, 2.05) is 4.90 Å². The molecule has 21 heavy (non-hydrogen) atoms. The van der Waals surface area contributed by atoms with E-state index in [0.717, 1.165) is 32.4 Å². The molecule has 3 nitrogen and oxygen atoms in total. The van der Waals surface area contributed by atoms with Crippen molar-refractivity contribution >= 4 is 5.91 Å². The Hall–Kier alpha value is -1.35. The molecule has 3 heteroatoms. The summed E-state index contributed by atoms with van der Waals surface area (Å²) in [5.41, 5.74) is 7.48. The summed E-state index contributed by atoms with van der Waals surface area (Å²) in [6, 6.07) is 10.8. The standard InChI is InChI=1S/C18H26N2O/c19-17(16-6-7-16)13-18(21)20-10-8-15(9-11-20)12-14-4-2-1-3-5-14/h1-5,15-17H,6-13,19H2. The van der Waals surface area contributed by atoms with Crippen LogP contribution < -0.4 is 5.73 Å². The van der Waals surface area contributed by atoms with E-state index < -0.39 is 0 Å².